The lowest BCUT2D eigenvalue weighted by Crippen LogP contribution is -2.53. The van der Waals surface area contributed by atoms with Crippen LogP contribution in [0.5, 0.6) is 0 Å². The summed E-state index contributed by atoms with van der Waals surface area (Å²) in [5, 5.41) is 12.5. The molecule has 1 fully saturated rings. The molecular formula is C26H18N4O4. The molecule has 5 rings (SSSR count). The molecule has 1 N–H and O–H groups in total. The molecule has 1 aliphatic heterocycles. The fourth-order valence-electron chi connectivity index (χ4n) is 4.02. The van der Waals surface area contributed by atoms with Gasteiger partial charge in [0, 0.05) is 29.2 Å². The van der Waals surface area contributed by atoms with Gasteiger partial charge in [0.2, 0.25) is 0 Å². The number of fused-ring (bicyclic) bond motifs is 1. The summed E-state index contributed by atoms with van der Waals surface area (Å²) in [4.78, 5) is 38.9. The number of nitrogens with one attached hydrogen (secondary N) is 1. The van der Waals surface area contributed by atoms with Gasteiger partial charge in [-0.15, -0.1) is 0 Å². The summed E-state index contributed by atoms with van der Waals surface area (Å²) in [6.45, 7) is 0.353. The molecule has 0 radical (unpaired) electrons. The summed E-state index contributed by atoms with van der Waals surface area (Å²) in [5.74, 6) is -1.03. The summed E-state index contributed by atoms with van der Waals surface area (Å²) in [6, 6.07) is 19.7. The highest BCUT2D eigenvalue weighted by molar-refractivity contribution is 6.31. The molecule has 0 unspecified atom stereocenters. The maximum atomic E-state index is 13.1. The highest BCUT2D eigenvalue weighted by atomic mass is 16.3. The van der Waals surface area contributed by atoms with E-state index in [1.54, 1.807) is 18.2 Å². The third kappa shape index (κ3) is 3.76. The fourth-order valence-corrected chi connectivity index (χ4v) is 4.02. The van der Waals surface area contributed by atoms with Gasteiger partial charge in [-0.25, -0.2) is 4.79 Å². The van der Waals surface area contributed by atoms with E-state index < -0.39 is 17.8 Å². The lowest BCUT2D eigenvalue weighted by molar-refractivity contribution is -0.130. The van der Waals surface area contributed by atoms with Crippen molar-refractivity contribution in [3.8, 4) is 6.07 Å². The largest absolute Gasteiger partial charge is 0.467 e. The zero-order valence-electron chi connectivity index (χ0n) is 17.9. The van der Waals surface area contributed by atoms with Crippen LogP contribution < -0.4 is 5.32 Å². The van der Waals surface area contributed by atoms with Crippen molar-refractivity contribution in [2.45, 2.75) is 13.1 Å². The lowest BCUT2D eigenvalue weighted by atomic mass is 10.1. The van der Waals surface area contributed by atoms with Crippen LogP contribution in [0.4, 0.5) is 4.79 Å². The molecule has 8 heteroatoms. The van der Waals surface area contributed by atoms with Gasteiger partial charge in [0.15, 0.2) is 0 Å². The molecule has 1 aliphatic rings. The van der Waals surface area contributed by atoms with Crippen molar-refractivity contribution in [3.05, 3.63) is 101 Å². The summed E-state index contributed by atoms with van der Waals surface area (Å²) in [6.07, 6.45) is 4.77. The van der Waals surface area contributed by atoms with E-state index >= 15 is 0 Å². The molecule has 4 aromatic rings. The number of nitrogens with zero attached hydrogens (tertiary/aromatic N) is 3. The van der Waals surface area contributed by atoms with Gasteiger partial charge < -0.3 is 8.98 Å². The van der Waals surface area contributed by atoms with Gasteiger partial charge in [0.25, 0.3) is 11.8 Å². The molecule has 0 atom stereocenters. The molecule has 0 spiro atoms. The topological polar surface area (TPSA) is 108 Å². The standard InChI is InChI=1S/C26H18N4O4/c27-13-17-6-1-2-7-18(17)14-29-15-19(21-9-3-4-10-23(21)29)12-22-24(31)28-26(33)30(25(22)32)16-20-8-5-11-34-20/h1-12,15H,14,16H2,(H,28,31,33). The predicted octanol–water partition coefficient (Wildman–Crippen LogP) is 3.82. The third-order valence-electron chi connectivity index (χ3n) is 5.68. The molecule has 0 aliphatic carbocycles. The molecule has 4 amide bonds. The van der Waals surface area contributed by atoms with Crippen LogP contribution in [0.3, 0.4) is 0 Å². The van der Waals surface area contributed by atoms with Crippen molar-refractivity contribution in [2.75, 3.05) is 0 Å². The van der Waals surface area contributed by atoms with E-state index in [1.165, 1.54) is 12.3 Å². The van der Waals surface area contributed by atoms with Crippen molar-refractivity contribution >= 4 is 34.8 Å². The van der Waals surface area contributed by atoms with Crippen LogP contribution >= 0.6 is 0 Å². The number of hydrogen-bond acceptors (Lipinski definition) is 5. The Labute approximate surface area is 194 Å². The number of nitriles is 1. The Morgan fingerprint density at radius 1 is 0.971 bits per heavy atom. The van der Waals surface area contributed by atoms with E-state index in [0.29, 0.717) is 23.4 Å². The predicted molar refractivity (Wildman–Crippen MR) is 123 cm³/mol. The number of urea groups is 1. The van der Waals surface area contributed by atoms with Crippen molar-refractivity contribution in [2.24, 2.45) is 0 Å². The van der Waals surface area contributed by atoms with Crippen LogP contribution in [0.2, 0.25) is 0 Å². The first-order valence-corrected chi connectivity index (χ1v) is 10.5. The number of amides is 4. The number of barbiturate groups is 1. The zero-order chi connectivity index (χ0) is 23.7. The van der Waals surface area contributed by atoms with Crippen LogP contribution in [-0.2, 0) is 22.7 Å². The number of imide groups is 2. The molecule has 166 valence electrons. The number of carbonyl (C=O) groups excluding carboxylic acids is 3. The summed E-state index contributed by atoms with van der Waals surface area (Å²) in [5.41, 5.74) is 2.82. The van der Waals surface area contributed by atoms with Gasteiger partial charge in [-0.3, -0.25) is 19.8 Å². The van der Waals surface area contributed by atoms with E-state index in [1.807, 2.05) is 53.2 Å². The maximum absolute atomic E-state index is 13.1. The smallest absolute Gasteiger partial charge is 0.331 e. The Bertz CT molecular complexity index is 1510. The minimum Gasteiger partial charge on any atom is -0.467 e. The second-order valence-electron chi connectivity index (χ2n) is 7.79. The first-order chi connectivity index (χ1) is 16.5. The minimum absolute atomic E-state index is 0.0883. The Balaban J connectivity index is 1.54. The van der Waals surface area contributed by atoms with Crippen LogP contribution in [0.15, 0.2) is 83.1 Å². The zero-order valence-corrected chi connectivity index (χ0v) is 17.9. The number of rotatable bonds is 5. The van der Waals surface area contributed by atoms with Gasteiger partial charge in [-0.1, -0.05) is 36.4 Å². The van der Waals surface area contributed by atoms with E-state index in [0.717, 1.165) is 21.4 Å². The second-order valence-corrected chi connectivity index (χ2v) is 7.79. The number of carbonyl (C=O) groups is 3. The summed E-state index contributed by atoms with van der Waals surface area (Å²) < 4.78 is 7.21. The second kappa shape index (κ2) is 8.56. The SMILES string of the molecule is N#Cc1ccccc1Cn1cc(C=C2C(=O)NC(=O)N(Cc3ccco3)C2=O)c2ccccc21. The molecule has 8 nitrogen and oxygen atoms in total. The van der Waals surface area contributed by atoms with Gasteiger partial charge in [0.05, 0.1) is 24.4 Å². The van der Waals surface area contributed by atoms with E-state index in [4.69, 9.17) is 4.42 Å². The Morgan fingerprint density at radius 3 is 2.56 bits per heavy atom. The molecule has 0 saturated carbocycles. The number of aromatic nitrogens is 1. The molecule has 1 saturated heterocycles. The van der Waals surface area contributed by atoms with Crippen molar-refractivity contribution < 1.29 is 18.8 Å². The average molecular weight is 450 g/mol. The molecule has 34 heavy (non-hydrogen) atoms. The normalized spacial score (nSPS) is 15.1. The van der Waals surface area contributed by atoms with Gasteiger partial charge in [-0.2, -0.15) is 5.26 Å². The van der Waals surface area contributed by atoms with Crippen molar-refractivity contribution in [3.63, 3.8) is 0 Å². The molecule has 2 aromatic carbocycles. The van der Waals surface area contributed by atoms with Crippen molar-refractivity contribution in [1.82, 2.24) is 14.8 Å². The number of furan rings is 1. The van der Waals surface area contributed by atoms with Crippen LogP contribution in [0.1, 0.15) is 22.5 Å². The van der Waals surface area contributed by atoms with Crippen LogP contribution in [0.25, 0.3) is 17.0 Å². The first-order valence-electron chi connectivity index (χ1n) is 10.5. The Kier molecular flexibility index (Phi) is 5.28. The Morgan fingerprint density at radius 2 is 1.76 bits per heavy atom. The fraction of sp³-hybridized carbons (Fsp3) is 0.0769. The number of para-hydroxylation sites is 1. The monoisotopic (exact) mass is 450 g/mol. The van der Waals surface area contributed by atoms with E-state index in [9.17, 15) is 19.6 Å². The van der Waals surface area contributed by atoms with E-state index in [2.05, 4.69) is 11.4 Å². The Hall–Kier alpha value is -4.90. The lowest BCUT2D eigenvalue weighted by Gasteiger charge is -2.25. The molecule has 0 bridgehead atoms. The highest BCUT2D eigenvalue weighted by Crippen LogP contribution is 2.26. The number of benzene rings is 2. The highest BCUT2D eigenvalue weighted by Gasteiger charge is 2.36. The van der Waals surface area contributed by atoms with E-state index in [-0.39, 0.29) is 12.1 Å². The molecule has 3 heterocycles. The van der Waals surface area contributed by atoms with Crippen LogP contribution in [-0.4, -0.2) is 27.3 Å². The van der Waals surface area contributed by atoms with Gasteiger partial charge in [-0.05, 0) is 35.9 Å². The average Bonchev–Trinajstić information content (AvgIpc) is 3.48. The quantitative estimate of drug-likeness (QED) is 0.367. The summed E-state index contributed by atoms with van der Waals surface area (Å²) in [7, 11) is 0. The van der Waals surface area contributed by atoms with Crippen molar-refractivity contribution in [1.29, 1.82) is 5.26 Å². The first kappa shape index (κ1) is 21.0. The third-order valence-corrected chi connectivity index (χ3v) is 5.68. The molecular weight excluding hydrogens is 432 g/mol. The molecule has 2 aromatic heterocycles. The maximum Gasteiger partial charge on any atom is 0.331 e. The van der Waals surface area contributed by atoms with Gasteiger partial charge in [0.1, 0.15) is 11.3 Å². The van der Waals surface area contributed by atoms with Crippen LogP contribution in [0, 0.1) is 11.3 Å². The van der Waals surface area contributed by atoms with Gasteiger partial charge >= 0.3 is 6.03 Å². The minimum atomic E-state index is -0.793. The summed E-state index contributed by atoms with van der Waals surface area (Å²) >= 11 is 0. The number of hydrogen-bond donors (Lipinski definition) is 1.